The second kappa shape index (κ2) is 10.2. The van der Waals surface area contributed by atoms with Gasteiger partial charge >= 0.3 is 5.97 Å². The molecule has 0 fully saturated rings. The quantitative estimate of drug-likeness (QED) is 0.391. The summed E-state index contributed by atoms with van der Waals surface area (Å²) in [5.41, 5.74) is 5.70. The molecule has 0 spiro atoms. The Morgan fingerprint density at radius 1 is 1.20 bits per heavy atom. The Morgan fingerprint density at radius 2 is 1.92 bits per heavy atom. The van der Waals surface area contributed by atoms with Crippen molar-refractivity contribution in [1.82, 2.24) is 0 Å². The summed E-state index contributed by atoms with van der Waals surface area (Å²) in [7, 11) is 1.42. The van der Waals surface area contributed by atoms with Crippen LogP contribution in [0.25, 0.3) is 0 Å². The molecule has 138 valence electrons. The van der Waals surface area contributed by atoms with Crippen LogP contribution in [0.15, 0.2) is 58.7 Å². The predicted molar refractivity (Wildman–Crippen MR) is 107 cm³/mol. The van der Waals surface area contributed by atoms with Crippen molar-refractivity contribution in [3.05, 3.63) is 58.7 Å². The lowest BCUT2D eigenvalue weighted by molar-refractivity contribution is -0.140. The number of ether oxygens (including phenoxy) is 1. The van der Waals surface area contributed by atoms with Crippen LogP contribution in [0, 0.1) is 5.41 Å². The molecule has 0 aromatic rings. The first-order chi connectivity index (χ1) is 11.8. The maximum absolute atomic E-state index is 11.1. The first-order valence-corrected chi connectivity index (χ1v) is 9.23. The van der Waals surface area contributed by atoms with Crippen LogP contribution in [0.4, 0.5) is 0 Å². The van der Waals surface area contributed by atoms with Crippen molar-refractivity contribution >= 4 is 5.97 Å². The summed E-state index contributed by atoms with van der Waals surface area (Å²) in [5, 5.41) is 0. The van der Waals surface area contributed by atoms with Crippen LogP contribution >= 0.6 is 0 Å². The first kappa shape index (κ1) is 21.2. The molecule has 0 N–H and O–H groups in total. The summed E-state index contributed by atoms with van der Waals surface area (Å²) in [6, 6.07) is 0. The zero-order valence-electron chi connectivity index (χ0n) is 16.8. The van der Waals surface area contributed by atoms with Crippen LogP contribution in [-0.4, -0.2) is 13.1 Å². The Balaban J connectivity index is 2.63. The van der Waals surface area contributed by atoms with E-state index in [-0.39, 0.29) is 11.4 Å². The van der Waals surface area contributed by atoms with Gasteiger partial charge in [0.1, 0.15) is 0 Å². The number of carbonyl (C=O) groups excluding carboxylic acids is 1. The second-order valence-corrected chi connectivity index (χ2v) is 7.60. The molecule has 1 aliphatic carbocycles. The molecule has 0 amide bonds. The summed E-state index contributed by atoms with van der Waals surface area (Å²) in [4.78, 5) is 11.1. The van der Waals surface area contributed by atoms with Gasteiger partial charge < -0.3 is 4.74 Å². The average Bonchev–Trinajstić information content (AvgIpc) is 2.53. The zero-order chi connectivity index (χ0) is 18.9. The number of hydrogen-bond donors (Lipinski definition) is 0. The molecule has 0 saturated heterocycles. The van der Waals surface area contributed by atoms with Crippen LogP contribution in [-0.2, 0) is 9.53 Å². The zero-order valence-corrected chi connectivity index (χ0v) is 16.8. The van der Waals surface area contributed by atoms with Gasteiger partial charge in [-0.3, -0.25) is 4.79 Å². The van der Waals surface area contributed by atoms with Gasteiger partial charge in [0.2, 0.25) is 0 Å². The lowest BCUT2D eigenvalue weighted by atomic mass is 9.72. The Bertz CT molecular complexity index is 610. The summed E-state index contributed by atoms with van der Waals surface area (Å²) in [6.07, 6.45) is 17.8. The van der Waals surface area contributed by atoms with Crippen LogP contribution in [0.5, 0.6) is 0 Å². The molecule has 0 aliphatic heterocycles. The highest BCUT2D eigenvalue weighted by molar-refractivity contribution is 5.69. The summed E-state index contributed by atoms with van der Waals surface area (Å²) in [5.74, 6) is -0.163. The third-order valence-electron chi connectivity index (χ3n) is 4.82. The van der Waals surface area contributed by atoms with E-state index < -0.39 is 0 Å². The summed E-state index contributed by atoms with van der Waals surface area (Å²) < 4.78 is 4.64. The maximum atomic E-state index is 11.1. The molecule has 1 aliphatic rings. The summed E-state index contributed by atoms with van der Waals surface area (Å²) >= 11 is 0. The molecule has 2 heteroatoms. The lowest BCUT2D eigenvalue weighted by Gasteiger charge is -2.32. The fraction of sp³-hybridized carbons (Fsp3) is 0.522. The van der Waals surface area contributed by atoms with Gasteiger partial charge in [-0.1, -0.05) is 67.0 Å². The van der Waals surface area contributed by atoms with E-state index >= 15 is 0 Å². The van der Waals surface area contributed by atoms with Gasteiger partial charge in [-0.05, 0) is 57.4 Å². The molecular weight excluding hydrogens is 308 g/mol. The largest absolute Gasteiger partial charge is 0.469 e. The molecule has 25 heavy (non-hydrogen) atoms. The monoisotopic (exact) mass is 342 g/mol. The highest BCUT2D eigenvalue weighted by atomic mass is 16.5. The van der Waals surface area contributed by atoms with Crippen molar-refractivity contribution in [1.29, 1.82) is 0 Å². The van der Waals surface area contributed by atoms with Gasteiger partial charge in [-0.2, -0.15) is 0 Å². The third-order valence-corrected chi connectivity index (χ3v) is 4.82. The number of carbonyl (C=O) groups is 1. The fourth-order valence-electron chi connectivity index (χ4n) is 3.22. The minimum Gasteiger partial charge on any atom is -0.469 e. The van der Waals surface area contributed by atoms with Crippen molar-refractivity contribution in [2.45, 2.75) is 66.7 Å². The Labute approximate surface area is 154 Å². The fourth-order valence-corrected chi connectivity index (χ4v) is 3.22. The lowest BCUT2D eigenvalue weighted by Crippen LogP contribution is -2.19. The first-order valence-electron chi connectivity index (χ1n) is 9.23. The highest BCUT2D eigenvalue weighted by Gasteiger charge is 2.26. The molecule has 0 bridgehead atoms. The maximum Gasteiger partial charge on any atom is 0.305 e. The molecule has 0 unspecified atom stereocenters. The normalized spacial score (nSPS) is 19.1. The molecule has 0 radical (unpaired) electrons. The van der Waals surface area contributed by atoms with E-state index in [0.29, 0.717) is 12.8 Å². The van der Waals surface area contributed by atoms with Crippen molar-refractivity contribution in [3.8, 4) is 0 Å². The van der Waals surface area contributed by atoms with E-state index in [1.165, 1.54) is 43.1 Å². The van der Waals surface area contributed by atoms with Crippen molar-refractivity contribution in [2.75, 3.05) is 7.11 Å². The SMILES string of the molecule is COC(=O)CC/C=C(C)/C=C/C=C(C)/C=C/C1=C(C)CCCC1(C)C. The molecule has 0 atom stereocenters. The van der Waals surface area contributed by atoms with Crippen molar-refractivity contribution in [2.24, 2.45) is 5.41 Å². The minimum atomic E-state index is -0.163. The van der Waals surface area contributed by atoms with Crippen LogP contribution in [0.1, 0.15) is 66.7 Å². The molecule has 0 saturated carbocycles. The number of esters is 1. The topological polar surface area (TPSA) is 26.3 Å². The van der Waals surface area contributed by atoms with Gasteiger partial charge in [0, 0.05) is 6.42 Å². The molecule has 1 rings (SSSR count). The van der Waals surface area contributed by atoms with Crippen LogP contribution in [0.2, 0.25) is 0 Å². The molecule has 2 nitrogen and oxygen atoms in total. The summed E-state index contributed by atoms with van der Waals surface area (Å²) in [6.45, 7) is 11.1. The Morgan fingerprint density at radius 3 is 2.56 bits per heavy atom. The minimum absolute atomic E-state index is 0.163. The molecular formula is C23H34O2. The van der Waals surface area contributed by atoms with E-state index in [2.05, 4.69) is 68.9 Å². The van der Waals surface area contributed by atoms with E-state index in [9.17, 15) is 4.79 Å². The number of hydrogen-bond acceptors (Lipinski definition) is 2. The number of methoxy groups -OCH3 is 1. The average molecular weight is 343 g/mol. The van der Waals surface area contributed by atoms with E-state index in [0.717, 1.165) is 5.57 Å². The highest BCUT2D eigenvalue weighted by Crippen LogP contribution is 2.40. The van der Waals surface area contributed by atoms with E-state index in [1.807, 2.05) is 6.92 Å². The third kappa shape index (κ3) is 7.72. The van der Waals surface area contributed by atoms with Gasteiger partial charge in [-0.25, -0.2) is 0 Å². The molecule has 0 aromatic carbocycles. The predicted octanol–water partition coefficient (Wildman–Crippen LogP) is 6.47. The van der Waals surface area contributed by atoms with Gasteiger partial charge in [0.15, 0.2) is 0 Å². The Kier molecular flexibility index (Phi) is 8.68. The standard InChI is InChI=1S/C23H34O2/c1-18(12-8-14-22(24)25-6)10-7-11-19(2)15-16-21-20(3)13-9-17-23(21,4)5/h7,10-12,15-16H,8-9,13-14,17H2,1-6H3/b10-7+,16-15+,18-12+,19-11+. The number of allylic oxidation sites excluding steroid dienone is 10. The van der Waals surface area contributed by atoms with Crippen molar-refractivity contribution < 1.29 is 9.53 Å². The van der Waals surface area contributed by atoms with Gasteiger partial charge in [0.05, 0.1) is 7.11 Å². The van der Waals surface area contributed by atoms with Crippen LogP contribution in [0.3, 0.4) is 0 Å². The van der Waals surface area contributed by atoms with E-state index in [4.69, 9.17) is 0 Å². The van der Waals surface area contributed by atoms with Gasteiger partial charge in [0.25, 0.3) is 0 Å². The van der Waals surface area contributed by atoms with Crippen molar-refractivity contribution in [3.63, 3.8) is 0 Å². The van der Waals surface area contributed by atoms with E-state index in [1.54, 1.807) is 0 Å². The second-order valence-electron chi connectivity index (χ2n) is 7.60. The molecule has 0 heterocycles. The van der Waals surface area contributed by atoms with Crippen LogP contribution < -0.4 is 0 Å². The smallest absolute Gasteiger partial charge is 0.305 e. The number of rotatable bonds is 7. The molecule has 0 aromatic heterocycles. The Hall–Kier alpha value is -1.83. The van der Waals surface area contributed by atoms with Gasteiger partial charge in [-0.15, -0.1) is 0 Å².